The largest absolute Gasteiger partial charge is 0.324 e. The fraction of sp³-hybridized carbons (Fsp3) is 0.312. The maximum absolute atomic E-state index is 6.30. The van der Waals surface area contributed by atoms with Crippen LogP contribution in [0.3, 0.4) is 0 Å². The predicted molar refractivity (Wildman–Crippen MR) is 75.4 cm³/mol. The molecule has 0 aliphatic carbocycles. The molecule has 0 saturated heterocycles. The van der Waals surface area contributed by atoms with E-state index in [-0.39, 0.29) is 6.04 Å². The van der Waals surface area contributed by atoms with Gasteiger partial charge < -0.3 is 5.73 Å². The normalized spacial score (nSPS) is 12.4. The van der Waals surface area contributed by atoms with Crippen LogP contribution in [-0.4, -0.2) is 4.98 Å². The Morgan fingerprint density at radius 3 is 2.56 bits per heavy atom. The summed E-state index contributed by atoms with van der Waals surface area (Å²) in [4.78, 5) is 4.03. The van der Waals surface area contributed by atoms with Gasteiger partial charge in [-0.05, 0) is 61.1 Å². The number of nitrogens with two attached hydrogens (primary N) is 1. The molecule has 94 valence electrons. The first-order valence-corrected chi connectivity index (χ1v) is 6.39. The van der Waals surface area contributed by atoms with E-state index < -0.39 is 0 Å². The highest BCUT2D eigenvalue weighted by atomic mass is 14.6. The highest BCUT2D eigenvalue weighted by Crippen LogP contribution is 2.22. The number of hydrogen-bond donors (Lipinski definition) is 1. The molecule has 2 N–H and O–H groups in total. The number of nitrogens with zero attached hydrogens (tertiary/aromatic N) is 1. The van der Waals surface area contributed by atoms with Gasteiger partial charge in [-0.3, -0.25) is 4.98 Å². The SMILES string of the molecule is Cc1cccc(C(N)CCc2ccncc2)c1C. The van der Waals surface area contributed by atoms with Crippen LogP contribution in [0.25, 0.3) is 0 Å². The average Bonchev–Trinajstić information content (AvgIpc) is 2.40. The topological polar surface area (TPSA) is 38.9 Å². The number of aryl methyl sites for hydroxylation is 2. The van der Waals surface area contributed by atoms with Gasteiger partial charge in [0.05, 0.1) is 0 Å². The van der Waals surface area contributed by atoms with Crippen LogP contribution in [0.5, 0.6) is 0 Å². The Hall–Kier alpha value is -1.67. The first kappa shape index (κ1) is 12.8. The first-order chi connectivity index (χ1) is 8.68. The summed E-state index contributed by atoms with van der Waals surface area (Å²) < 4.78 is 0. The molecule has 0 fully saturated rings. The molecule has 0 aliphatic rings. The van der Waals surface area contributed by atoms with E-state index in [2.05, 4.69) is 49.2 Å². The summed E-state index contributed by atoms with van der Waals surface area (Å²) in [5.41, 5.74) is 11.5. The van der Waals surface area contributed by atoms with Crippen molar-refractivity contribution in [1.82, 2.24) is 4.98 Å². The summed E-state index contributed by atoms with van der Waals surface area (Å²) in [6.07, 6.45) is 5.63. The lowest BCUT2D eigenvalue weighted by Crippen LogP contribution is -2.13. The molecule has 1 unspecified atom stereocenters. The van der Waals surface area contributed by atoms with E-state index in [1.165, 1.54) is 22.3 Å². The standard InChI is InChI=1S/C16H20N2/c1-12-4-3-5-15(13(12)2)16(17)7-6-14-8-10-18-11-9-14/h3-5,8-11,16H,6-7,17H2,1-2H3. The second-order valence-corrected chi connectivity index (χ2v) is 4.79. The van der Waals surface area contributed by atoms with Gasteiger partial charge in [0.15, 0.2) is 0 Å². The van der Waals surface area contributed by atoms with Crippen LogP contribution < -0.4 is 5.73 Å². The second-order valence-electron chi connectivity index (χ2n) is 4.79. The van der Waals surface area contributed by atoms with Gasteiger partial charge in [-0.15, -0.1) is 0 Å². The third-order valence-electron chi connectivity index (χ3n) is 3.54. The third-order valence-corrected chi connectivity index (χ3v) is 3.54. The number of pyridine rings is 1. The van der Waals surface area contributed by atoms with Crippen molar-refractivity contribution < 1.29 is 0 Å². The molecule has 1 heterocycles. The van der Waals surface area contributed by atoms with Crippen LogP contribution in [-0.2, 0) is 6.42 Å². The Labute approximate surface area is 109 Å². The maximum Gasteiger partial charge on any atom is 0.0300 e. The molecule has 0 amide bonds. The van der Waals surface area contributed by atoms with Crippen LogP contribution >= 0.6 is 0 Å². The summed E-state index contributed by atoms with van der Waals surface area (Å²) >= 11 is 0. The molecule has 2 heteroatoms. The molecule has 18 heavy (non-hydrogen) atoms. The zero-order chi connectivity index (χ0) is 13.0. The number of hydrogen-bond acceptors (Lipinski definition) is 2. The second kappa shape index (κ2) is 5.78. The van der Waals surface area contributed by atoms with Crippen molar-refractivity contribution in [3.8, 4) is 0 Å². The Kier molecular flexibility index (Phi) is 4.11. The highest BCUT2D eigenvalue weighted by Gasteiger charge is 2.09. The lowest BCUT2D eigenvalue weighted by Gasteiger charge is -2.16. The Balaban J connectivity index is 2.04. The van der Waals surface area contributed by atoms with Crippen LogP contribution in [0.1, 0.15) is 34.7 Å². The first-order valence-electron chi connectivity index (χ1n) is 6.39. The molecule has 0 aliphatic heterocycles. The summed E-state index contributed by atoms with van der Waals surface area (Å²) in [7, 11) is 0. The minimum atomic E-state index is 0.109. The van der Waals surface area contributed by atoms with Crippen molar-refractivity contribution in [1.29, 1.82) is 0 Å². The van der Waals surface area contributed by atoms with E-state index in [1.807, 2.05) is 12.4 Å². The molecule has 0 bridgehead atoms. The minimum absolute atomic E-state index is 0.109. The van der Waals surface area contributed by atoms with Gasteiger partial charge in [-0.1, -0.05) is 18.2 Å². The summed E-state index contributed by atoms with van der Waals surface area (Å²) in [6, 6.07) is 10.6. The smallest absolute Gasteiger partial charge is 0.0300 e. The van der Waals surface area contributed by atoms with E-state index in [0.717, 1.165) is 12.8 Å². The van der Waals surface area contributed by atoms with Gasteiger partial charge in [-0.25, -0.2) is 0 Å². The number of rotatable bonds is 4. The zero-order valence-corrected chi connectivity index (χ0v) is 11.1. The van der Waals surface area contributed by atoms with Crippen LogP contribution in [0.4, 0.5) is 0 Å². The van der Waals surface area contributed by atoms with Gasteiger partial charge in [0.25, 0.3) is 0 Å². The fourth-order valence-electron chi connectivity index (χ4n) is 2.20. The molecular formula is C16H20N2. The lowest BCUT2D eigenvalue weighted by molar-refractivity contribution is 0.647. The van der Waals surface area contributed by atoms with Crippen molar-refractivity contribution in [3.05, 3.63) is 65.0 Å². The average molecular weight is 240 g/mol. The van der Waals surface area contributed by atoms with E-state index in [0.29, 0.717) is 0 Å². The zero-order valence-electron chi connectivity index (χ0n) is 11.1. The quantitative estimate of drug-likeness (QED) is 0.890. The Morgan fingerprint density at radius 2 is 1.83 bits per heavy atom. The molecular weight excluding hydrogens is 220 g/mol. The summed E-state index contributed by atoms with van der Waals surface area (Å²) in [6.45, 7) is 4.28. The highest BCUT2D eigenvalue weighted by molar-refractivity contribution is 5.35. The van der Waals surface area contributed by atoms with Gasteiger partial charge >= 0.3 is 0 Å². The van der Waals surface area contributed by atoms with Gasteiger partial charge in [0.2, 0.25) is 0 Å². The molecule has 2 nitrogen and oxygen atoms in total. The molecule has 1 aromatic carbocycles. The van der Waals surface area contributed by atoms with E-state index in [1.54, 1.807) is 0 Å². The molecule has 0 spiro atoms. The van der Waals surface area contributed by atoms with Crippen LogP contribution in [0.15, 0.2) is 42.7 Å². The number of aromatic nitrogens is 1. The molecule has 0 radical (unpaired) electrons. The Bertz CT molecular complexity index is 506. The third kappa shape index (κ3) is 2.96. The summed E-state index contributed by atoms with van der Waals surface area (Å²) in [5, 5.41) is 0. The monoisotopic (exact) mass is 240 g/mol. The molecule has 2 rings (SSSR count). The van der Waals surface area contributed by atoms with E-state index in [9.17, 15) is 0 Å². The van der Waals surface area contributed by atoms with Gasteiger partial charge in [-0.2, -0.15) is 0 Å². The molecule has 1 aromatic heterocycles. The maximum atomic E-state index is 6.30. The van der Waals surface area contributed by atoms with Crippen molar-refractivity contribution in [2.24, 2.45) is 5.73 Å². The molecule has 0 saturated carbocycles. The fourth-order valence-corrected chi connectivity index (χ4v) is 2.20. The van der Waals surface area contributed by atoms with Gasteiger partial charge in [0, 0.05) is 18.4 Å². The van der Waals surface area contributed by atoms with E-state index >= 15 is 0 Å². The summed E-state index contributed by atoms with van der Waals surface area (Å²) in [5.74, 6) is 0. The van der Waals surface area contributed by atoms with Crippen molar-refractivity contribution in [2.45, 2.75) is 32.7 Å². The predicted octanol–water partition coefficient (Wildman–Crippen LogP) is 3.33. The van der Waals surface area contributed by atoms with Crippen LogP contribution in [0.2, 0.25) is 0 Å². The number of benzene rings is 1. The lowest BCUT2D eigenvalue weighted by atomic mass is 9.94. The van der Waals surface area contributed by atoms with E-state index in [4.69, 9.17) is 5.73 Å². The van der Waals surface area contributed by atoms with Crippen molar-refractivity contribution >= 4 is 0 Å². The van der Waals surface area contributed by atoms with Crippen LogP contribution in [0, 0.1) is 13.8 Å². The van der Waals surface area contributed by atoms with Crippen molar-refractivity contribution in [3.63, 3.8) is 0 Å². The molecule has 2 aromatic rings. The van der Waals surface area contributed by atoms with Gasteiger partial charge in [0.1, 0.15) is 0 Å². The molecule has 1 atom stereocenters. The minimum Gasteiger partial charge on any atom is -0.324 e. The Morgan fingerprint density at radius 1 is 1.11 bits per heavy atom. The van der Waals surface area contributed by atoms with Crippen molar-refractivity contribution in [2.75, 3.05) is 0 Å².